The van der Waals surface area contributed by atoms with Gasteiger partial charge in [0.25, 0.3) is 0 Å². The lowest BCUT2D eigenvalue weighted by Gasteiger charge is -2.07. The van der Waals surface area contributed by atoms with Gasteiger partial charge in [0.1, 0.15) is 10.7 Å². The van der Waals surface area contributed by atoms with Gasteiger partial charge in [-0.1, -0.05) is 35.9 Å². The van der Waals surface area contributed by atoms with Gasteiger partial charge in [-0.25, -0.2) is 9.97 Å². The van der Waals surface area contributed by atoms with Crippen LogP contribution in [0.3, 0.4) is 0 Å². The molecular weight excluding hydrogens is 246 g/mol. The van der Waals surface area contributed by atoms with Crippen molar-refractivity contribution in [2.45, 2.75) is 13.5 Å². The fourth-order valence-corrected chi connectivity index (χ4v) is 2.15. The number of hydrogen-bond acceptors (Lipinski definition) is 2. The lowest BCUT2D eigenvalue weighted by molar-refractivity contribution is 0.809. The average molecular weight is 258 g/mol. The first-order valence-corrected chi connectivity index (χ1v) is 6.14. The van der Waals surface area contributed by atoms with Crippen LogP contribution in [0.25, 0.3) is 11.2 Å². The maximum Gasteiger partial charge on any atom is 0.161 e. The highest BCUT2D eigenvalue weighted by Gasteiger charge is 2.06. The van der Waals surface area contributed by atoms with E-state index in [1.165, 1.54) is 11.1 Å². The molecule has 0 spiro atoms. The molecule has 0 saturated heterocycles. The Kier molecular flexibility index (Phi) is 2.76. The third-order valence-corrected chi connectivity index (χ3v) is 3.24. The number of nitrogens with zero attached hydrogens (tertiary/aromatic N) is 3. The molecule has 3 nitrogen and oxygen atoms in total. The Morgan fingerprint density at radius 2 is 2.00 bits per heavy atom. The van der Waals surface area contributed by atoms with Crippen LogP contribution in [-0.2, 0) is 6.54 Å². The van der Waals surface area contributed by atoms with Gasteiger partial charge in [-0.05, 0) is 30.2 Å². The van der Waals surface area contributed by atoms with Crippen molar-refractivity contribution in [2.75, 3.05) is 0 Å². The summed E-state index contributed by atoms with van der Waals surface area (Å²) in [4.78, 5) is 8.65. The van der Waals surface area contributed by atoms with Gasteiger partial charge in [-0.15, -0.1) is 0 Å². The van der Waals surface area contributed by atoms with Crippen LogP contribution < -0.4 is 0 Å². The highest BCUT2D eigenvalue weighted by Crippen LogP contribution is 2.16. The van der Waals surface area contributed by atoms with Crippen LogP contribution in [0.1, 0.15) is 11.1 Å². The van der Waals surface area contributed by atoms with Crippen molar-refractivity contribution in [3.63, 3.8) is 0 Å². The number of rotatable bonds is 2. The van der Waals surface area contributed by atoms with Crippen LogP contribution in [0.5, 0.6) is 0 Å². The molecule has 3 rings (SSSR count). The number of pyridine rings is 1. The number of hydrogen-bond donors (Lipinski definition) is 0. The van der Waals surface area contributed by atoms with Crippen LogP contribution >= 0.6 is 11.6 Å². The smallest absolute Gasteiger partial charge is 0.161 e. The second-order valence-corrected chi connectivity index (χ2v) is 4.66. The standard InChI is InChI=1S/C14H12ClN3/c1-10-4-2-3-5-11(10)8-18-9-16-12-6-7-13(15)17-14(12)18/h2-7,9H,8H2,1H3. The van der Waals surface area contributed by atoms with Gasteiger partial charge in [-0.2, -0.15) is 0 Å². The molecule has 0 aliphatic heterocycles. The minimum atomic E-state index is 0.494. The zero-order valence-electron chi connectivity index (χ0n) is 9.97. The van der Waals surface area contributed by atoms with Crippen molar-refractivity contribution >= 4 is 22.8 Å². The van der Waals surface area contributed by atoms with Gasteiger partial charge in [-0.3, -0.25) is 0 Å². The van der Waals surface area contributed by atoms with E-state index in [1.54, 1.807) is 12.4 Å². The van der Waals surface area contributed by atoms with Crippen LogP contribution in [0.15, 0.2) is 42.7 Å². The summed E-state index contributed by atoms with van der Waals surface area (Å²) in [6, 6.07) is 12.0. The molecule has 0 amide bonds. The second kappa shape index (κ2) is 4.42. The molecule has 0 aliphatic carbocycles. The quantitative estimate of drug-likeness (QED) is 0.659. The Morgan fingerprint density at radius 3 is 2.83 bits per heavy atom. The summed E-state index contributed by atoms with van der Waals surface area (Å²) in [7, 11) is 0. The van der Waals surface area contributed by atoms with Crippen LogP contribution in [0.4, 0.5) is 0 Å². The zero-order valence-corrected chi connectivity index (χ0v) is 10.7. The Labute approximate surface area is 110 Å². The summed E-state index contributed by atoms with van der Waals surface area (Å²) in [5, 5.41) is 0.494. The molecule has 0 aliphatic rings. The first kappa shape index (κ1) is 11.2. The molecule has 2 aromatic heterocycles. The lowest BCUT2D eigenvalue weighted by atomic mass is 10.1. The Bertz CT molecular complexity index is 703. The molecule has 0 saturated carbocycles. The molecule has 0 unspecified atom stereocenters. The summed E-state index contributed by atoms with van der Waals surface area (Å²) < 4.78 is 2.02. The highest BCUT2D eigenvalue weighted by molar-refractivity contribution is 6.29. The largest absolute Gasteiger partial charge is 0.311 e. The fourth-order valence-electron chi connectivity index (χ4n) is 2.00. The third kappa shape index (κ3) is 1.97. The normalized spacial score (nSPS) is 11.0. The van der Waals surface area contributed by atoms with Gasteiger partial charge in [0, 0.05) is 0 Å². The minimum absolute atomic E-state index is 0.494. The van der Waals surface area contributed by atoms with E-state index in [2.05, 4.69) is 29.0 Å². The number of benzene rings is 1. The molecule has 90 valence electrons. The van der Waals surface area contributed by atoms with Gasteiger partial charge in [0.05, 0.1) is 12.9 Å². The van der Waals surface area contributed by atoms with E-state index in [1.807, 2.05) is 22.8 Å². The van der Waals surface area contributed by atoms with Gasteiger partial charge in [0.2, 0.25) is 0 Å². The predicted octanol–water partition coefficient (Wildman–Crippen LogP) is 3.44. The molecule has 4 heteroatoms. The Balaban J connectivity index is 2.05. The van der Waals surface area contributed by atoms with Crippen molar-refractivity contribution in [3.05, 3.63) is 59.0 Å². The first-order valence-electron chi connectivity index (χ1n) is 5.76. The number of aromatic nitrogens is 3. The molecule has 0 fully saturated rings. The van der Waals surface area contributed by atoms with Crippen LogP contribution in [0.2, 0.25) is 5.15 Å². The summed E-state index contributed by atoms with van der Waals surface area (Å²) in [5.41, 5.74) is 4.22. The molecular formula is C14H12ClN3. The van der Waals surface area contributed by atoms with Crippen molar-refractivity contribution in [1.82, 2.24) is 14.5 Å². The number of imidazole rings is 1. The maximum absolute atomic E-state index is 5.93. The van der Waals surface area contributed by atoms with Crippen molar-refractivity contribution in [3.8, 4) is 0 Å². The van der Waals surface area contributed by atoms with Gasteiger partial charge in [0.15, 0.2) is 5.65 Å². The monoisotopic (exact) mass is 257 g/mol. The topological polar surface area (TPSA) is 30.7 Å². The summed E-state index contributed by atoms with van der Waals surface area (Å²) in [6.45, 7) is 2.87. The molecule has 3 aromatic rings. The fraction of sp³-hybridized carbons (Fsp3) is 0.143. The third-order valence-electron chi connectivity index (χ3n) is 3.03. The SMILES string of the molecule is Cc1ccccc1Cn1cnc2ccc(Cl)nc21. The first-order chi connectivity index (χ1) is 8.74. The van der Waals surface area contributed by atoms with E-state index < -0.39 is 0 Å². The van der Waals surface area contributed by atoms with E-state index >= 15 is 0 Å². The molecule has 18 heavy (non-hydrogen) atoms. The maximum atomic E-state index is 5.93. The van der Waals surface area contributed by atoms with Crippen LogP contribution in [0, 0.1) is 6.92 Å². The molecule has 0 N–H and O–H groups in total. The van der Waals surface area contributed by atoms with E-state index in [9.17, 15) is 0 Å². The summed E-state index contributed by atoms with van der Waals surface area (Å²) >= 11 is 5.93. The van der Waals surface area contributed by atoms with E-state index in [4.69, 9.17) is 11.6 Å². The molecule has 0 bridgehead atoms. The van der Waals surface area contributed by atoms with E-state index in [0.29, 0.717) is 5.15 Å². The summed E-state index contributed by atoms with van der Waals surface area (Å²) in [6.07, 6.45) is 1.81. The van der Waals surface area contributed by atoms with Crippen molar-refractivity contribution < 1.29 is 0 Å². The Morgan fingerprint density at radius 1 is 1.17 bits per heavy atom. The van der Waals surface area contributed by atoms with Crippen molar-refractivity contribution in [1.29, 1.82) is 0 Å². The number of halogens is 1. The minimum Gasteiger partial charge on any atom is -0.311 e. The van der Waals surface area contributed by atoms with E-state index in [0.717, 1.165) is 17.7 Å². The lowest BCUT2D eigenvalue weighted by Crippen LogP contribution is -2.00. The number of aryl methyl sites for hydroxylation is 1. The van der Waals surface area contributed by atoms with Gasteiger partial charge < -0.3 is 4.57 Å². The molecule has 2 heterocycles. The Hall–Kier alpha value is -1.87. The van der Waals surface area contributed by atoms with Crippen LogP contribution in [-0.4, -0.2) is 14.5 Å². The zero-order chi connectivity index (χ0) is 12.5. The molecule has 1 aromatic carbocycles. The molecule has 0 radical (unpaired) electrons. The summed E-state index contributed by atoms with van der Waals surface area (Å²) in [5.74, 6) is 0. The second-order valence-electron chi connectivity index (χ2n) is 4.28. The van der Waals surface area contributed by atoms with Crippen molar-refractivity contribution in [2.24, 2.45) is 0 Å². The number of fused-ring (bicyclic) bond motifs is 1. The average Bonchev–Trinajstić information content (AvgIpc) is 2.75. The molecule has 0 atom stereocenters. The predicted molar refractivity (Wildman–Crippen MR) is 72.8 cm³/mol. The van der Waals surface area contributed by atoms with E-state index in [-0.39, 0.29) is 0 Å². The van der Waals surface area contributed by atoms with Gasteiger partial charge >= 0.3 is 0 Å². The highest BCUT2D eigenvalue weighted by atomic mass is 35.5.